The SMILES string of the molecule is CCC/C=C\C/C=C\CCCCCCCC(=O)OC(CO)COP(=O)(O)OCC(COC(=O)CCCCCCCCCCCCCCCCC)OC(=O)CCCCCCCCCCCCCCCCCCC. The van der Waals surface area contributed by atoms with Gasteiger partial charge in [0.1, 0.15) is 12.7 Å². The zero-order valence-corrected chi connectivity index (χ0v) is 47.8. The molecule has 0 aliphatic rings. The van der Waals surface area contributed by atoms with E-state index in [1.165, 1.54) is 161 Å². The number of allylic oxidation sites excluding steroid dienone is 4. The van der Waals surface area contributed by atoms with Crippen LogP contribution in [0.4, 0.5) is 0 Å². The molecule has 0 aromatic rings. The second kappa shape index (κ2) is 55.2. The van der Waals surface area contributed by atoms with E-state index in [-0.39, 0.29) is 25.9 Å². The minimum absolute atomic E-state index is 0.165. The molecule has 0 aromatic carbocycles. The monoisotopic (exact) mass is 1040 g/mol. The molecule has 0 radical (unpaired) electrons. The van der Waals surface area contributed by atoms with Gasteiger partial charge in [0, 0.05) is 19.3 Å². The Morgan fingerprint density at radius 1 is 0.389 bits per heavy atom. The molecule has 0 rings (SSSR count). The van der Waals surface area contributed by atoms with Gasteiger partial charge in [-0.2, -0.15) is 0 Å². The molecule has 0 saturated heterocycles. The highest BCUT2D eigenvalue weighted by atomic mass is 31.2. The number of carbonyl (C=O) groups excluding carboxylic acids is 3. The summed E-state index contributed by atoms with van der Waals surface area (Å²) in [6, 6.07) is 0. The van der Waals surface area contributed by atoms with Crippen LogP contribution in [0.2, 0.25) is 0 Å². The van der Waals surface area contributed by atoms with Gasteiger partial charge in [0.25, 0.3) is 0 Å². The second-order valence-electron chi connectivity index (χ2n) is 20.5. The van der Waals surface area contributed by atoms with Crippen molar-refractivity contribution in [3.63, 3.8) is 0 Å². The third-order valence-electron chi connectivity index (χ3n) is 13.4. The molecule has 2 N–H and O–H groups in total. The van der Waals surface area contributed by atoms with E-state index in [1.807, 2.05) is 0 Å². The number of carbonyl (C=O) groups is 3. The number of ether oxygens (including phenoxy) is 3. The fraction of sp³-hybridized carbons (Fsp3) is 0.883. The van der Waals surface area contributed by atoms with E-state index >= 15 is 0 Å². The predicted octanol–water partition coefficient (Wildman–Crippen LogP) is 17.8. The quantitative estimate of drug-likeness (QED) is 0.0197. The van der Waals surface area contributed by atoms with Gasteiger partial charge in [-0.15, -0.1) is 0 Å². The Balaban J connectivity index is 4.68. The minimum Gasteiger partial charge on any atom is -0.462 e. The van der Waals surface area contributed by atoms with Crippen molar-refractivity contribution in [2.45, 2.75) is 315 Å². The Morgan fingerprint density at radius 3 is 1.08 bits per heavy atom. The lowest BCUT2D eigenvalue weighted by molar-refractivity contribution is -0.161. The average Bonchev–Trinajstić information content (AvgIpc) is 3.37. The number of hydrogen-bond donors (Lipinski definition) is 2. The van der Waals surface area contributed by atoms with Crippen molar-refractivity contribution in [1.82, 2.24) is 0 Å². The summed E-state index contributed by atoms with van der Waals surface area (Å²) in [6.45, 7) is 4.63. The fourth-order valence-corrected chi connectivity index (χ4v) is 9.53. The third kappa shape index (κ3) is 52.8. The first-order chi connectivity index (χ1) is 35.2. The van der Waals surface area contributed by atoms with Crippen molar-refractivity contribution in [2.75, 3.05) is 26.4 Å². The van der Waals surface area contributed by atoms with Crippen molar-refractivity contribution < 1.29 is 52.2 Å². The molecule has 0 amide bonds. The molecule has 0 aliphatic heterocycles. The molecule has 12 heteroatoms. The van der Waals surface area contributed by atoms with Crippen LogP contribution in [0.15, 0.2) is 24.3 Å². The number of esters is 3. The first-order valence-electron chi connectivity index (χ1n) is 30.2. The maximum atomic E-state index is 12.9. The Labute approximate surface area is 442 Å². The lowest BCUT2D eigenvalue weighted by atomic mass is 10.0. The van der Waals surface area contributed by atoms with Gasteiger partial charge in [-0.3, -0.25) is 23.4 Å². The summed E-state index contributed by atoms with van der Waals surface area (Å²) in [4.78, 5) is 48.6. The molecule has 0 aromatic heterocycles. The maximum absolute atomic E-state index is 12.9. The topological polar surface area (TPSA) is 155 Å². The first-order valence-corrected chi connectivity index (χ1v) is 31.7. The molecule has 0 fully saturated rings. The average molecular weight is 1040 g/mol. The smallest absolute Gasteiger partial charge is 0.462 e. The maximum Gasteiger partial charge on any atom is 0.472 e. The molecular formula is C60H113O11P. The highest BCUT2D eigenvalue weighted by molar-refractivity contribution is 7.47. The normalized spacial score (nSPS) is 13.5. The van der Waals surface area contributed by atoms with Crippen LogP contribution < -0.4 is 0 Å². The molecule has 0 bridgehead atoms. The van der Waals surface area contributed by atoms with Crippen LogP contribution in [0.1, 0.15) is 303 Å². The van der Waals surface area contributed by atoms with Crippen LogP contribution in [0.25, 0.3) is 0 Å². The third-order valence-corrected chi connectivity index (χ3v) is 14.3. The predicted molar refractivity (Wildman–Crippen MR) is 298 cm³/mol. The van der Waals surface area contributed by atoms with Crippen molar-refractivity contribution in [3.05, 3.63) is 24.3 Å². The highest BCUT2D eigenvalue weighted by Gasteiger charge is 2.28. The van der Waals surface area contributed by atoms with E-state index in [1.54, 1.807) is 0 Å². The van der Waals surface area contributed by atoms with Crippen LogP contribution in [-0.2, 0) is 42.2 Å². The molecular weight excluding hydrogens is 928 g/mol. The number of phosphoric ester groups is 1. The summed E-state index contributed by atoms with van der Waals surface area (Å²) < 4.78 is 39.6. The number of hydrogen-bond acceptors (Lipinski definition) is 10. The number of rotatable bonds is 57. The molecule has 11 nitrogen and oxygen atoms in total. The summed E-state index contributed by atoms with van der Waals surface area (Å²) >= 11 is 0. The van der Waals surface area contributed by atoms with Crippen LogP contribution in [0, 0.1) is 0 Å². The van der Waals surface area contributed by atoms with Crippen LogP contribution in [-0.4, -0.2) is 66.5 Å². The van der Waals surface area contributed by atoms with Gasteiger partial charge < -0.3 is 24.2 Å². The highest BCUT2D eigenvalue weighted by Crippen LogP contribution is 2.43. The van der Waals surface area contributed by atoms with Crippen molar-refractivity contribution in [2.24, 2.45) is 0 Å². The van der Waals surface area contributed by atoms with Crippen molar-refractivity contribution in [1.29, 1.82) is 0 Å². The van der Waals surface area contributed by atoms with E-state index in [2.05, 4.69) is 45.1 Å². The van der Waals surface area contributed by atoms with Gasteiger partial charge >= 0.3 is 25.7 Å². The summed E-state index contributed by atoms with van der Waals surface area (Å²) in [6.07, 6.45) is 55.6. The zero-order valence-electron chi connectivity index (χ0n) is 46.9. The zero-order chi connectivity index (χ0) is 52.7. The number of unbranched alkanes of at least 4 members (excludes halogenated alkanes) is 36. The summed E-state index contributed by atoms with van der Waals surface area (Å²) in [5.41, 5.74) is 0. The molecule has 3 unspecified atom stereocenters. The van der Waals surface area contributed by atoms with Gasteiger partial charge in [0.2, 0.25) is 0 Å². The lowest BCUT2D eigenvalue weighted by Gasteiger charge is -2.21. The Bertz CT molecular complexity index is 1310. The minimum atomic E-state index is -4.74. The lowest BCUT2D eigenvalue weighted by Crippen LogP contribution is -2.30. The van der Waals surface area contributed by atoms with E-state index in [4.69, 9.17) is 23.3 Å². The molecule has 424 valence electrons. The number of aliphatic hydroxyl groups is 1. The molecule has 0 heterocycles. The Morgan fingerprint density at radius 2 is 0.708 bits per heavy atom. The fourth-order valence-electron chi connectivity index (χ4n) is 8.75. The van der Waals surface area contributed by atoms with Gasteiger partial charge in [0.15, 0.2) is 6.10 Å². The van der Waals surface area contributed by atoms with Gasteiger partial charge in [0.05, 0.1) is 19.8 Å². The van der Waals surface area contributed by atoms with Crippen LogP contribution in [0.5, 0.6) is 0 Å². The summed E-state index contributed by atoms with van der Waals surface area (Å²) in [7, 11) is -4.74. The van der Waals surface area contributed by atoms with E-state index in [9.17, 15) is 28.9 Å². The van der Waals surface area contributed by atoms with E-state index < -0.39 is 57.8 Å². The standard InChI is InChI=1S/C60H113O11P/c1-4-7-10-13-16-19-22-25-27-28-30-33-36-39-42-45-48-51-60(64)71-57(53-67-58(62)49-46-43-40-37-34-32-29-26-23-20-17-14-11-8-5-2)55-69-72(65,66)68-54-56(52-61)70-59(63)50-47-44-41-38-35-31-24-21-18-15-12-9-6-3/h12,15,21,24,56-57,61H,4-11,13-14,16-20,22-23,25-55H2,1-3H3,(H,65,66)/b15-12-,24-21-. The number of aliphatic hydroxyl groups excluding tert-OH is 1. The first kappa shape index (κ1) is 70.0. The van der Waals surface area contributed by atoms with Crippen molar-refractivity contribution >= 4 is 25.7 Å². The molecule has 0 spiro atoms. The largest absolute Gasteiger partial charge is 0.472 e. The Hall–Kier alpha value is -2.04. The van der Waals surface area contributed by atoms with E-state index in [0.717, 1.165) is 83.5 Å². The van der Waals surface area contributed by atoms with Crippen molar-refractivity contribution in [3.8, 4) is 0 Å². The molecule has 3 atom stereocenters. The van der Waals surface area contributed by atoms with Crippen LogP contribution >= 0.6 is 7.82 Å². The summed E-state index contributed by atoms with van der Waals surface area (Å²) in [5, 5.41) is 9.81. The van der Waals surface area contributed by atoms with Gasteiger partial charge in [-0.25, -0.2) is 4.57 Å². The Kier molecular flexibility index (Phi) is 53.6. The molecule has 0 aliphatic carbocycles. The second-order valence-corrected chi connectivity index (χ2v) is 22.0. The van der Waals surface area contributed by atoms with Crippen LogP contribution in [0.3, 0.4) is 0 Å². The van der Waals surface area contributed by atoms with Gasteiger partial charge in [-0.1, -0.05) is 263 Å². The van der Waals surface area contributed by atoms with E-state index in [0.29, 0.717) is 19.3 Å². The summed E-state index contributed by atoms with van der Waals surface area (Å²) in [5.74, 6) is -1.45. The molecule has 72 heavy (non-hydrogen) atoms. The number of phosphoric acid groups is 1. The van der Waals surface area contributed by atoms with Gasteiger partial charge in [-0.05, 0) is 44.9 Å². The molecule has 0 saturated carbocycles.